The summed E-state index contributed by atoms with van der Waals surface area (Å²) in [5, 5.41) is 5.87. The minimum absolute atomic E-state index is 0.120. The molecular weight excluding hydrogens is 302 g/mol. The number of rotatable bonds is 6. The van der Waals surface area contributed by atoms with Crippen LogP contribution in [-0.2, 0) is 0 Å². The molecule has 0 fully saturated rings. The van der Waals surface area contributed by atoms with Crippen molar-refractivity contribution in [1.82, 2.24) is 15.5 Å². The van der Waals surface area contributed by atoms with Gasteiger partial charge >= 0.3 is 0 Å². The molecule has 1 aromatic rings. The first kappa shape index (κ1) is 20.2. The van der Waals surface area contributed by atoms with Gasteiger partial charge in [-0.15, -0.1) is 0 Å². The monoisotopic (exact) mass is 333 g/mol. The van der Waals surface area contributed by atoms with Crippen LogP contribution in [-0.4, -0.2) is 48.9 Å². The zero-order valence-electron chi connectivity index (χ0n) is 15.9. The lowest BCUT2D eigenvalue weighted by molar-refractivity contribution is 0.0912. The third-order valence-electron chi connectivity index (χ3n) is 3.80. The highest BCUT2D eigenvalue weighted by molar-refractivity contribution is 5.98. The molecule has 24 heavy (non-hydrogen) atoms. The van der Waals surface area contributed by atoms with E-state index in [-0.39, 0.29) is 23.4 Å². The van der Waals surface area contributed by atoms with Crippen LogP contribution in [0.15, 0.2) is 24.3 Å². The fourth-order valence-electron chi connectivity index (χ4n) is 2.50. The van der Waals surface area contributed by atoms with Gasteiger partial charge in [-0.25, -0.2) is 0 Å². The maximum absolute atomic E-state index is 12.3. The molecule has 1 unspecified atom stereocenters. The van der Waals surface area contributed by atoms with Crippen molar-refractivity contribution >= 4 is 11.8 Å². The number of nitrogens with zero attached hydrogens (tertiary/aromatic N) is 1. The van der Waals surface area contributed by atoms with Gasteiger partial charge in [-0.2, -0.15) is 0 Å². The van der Waals surface area contributed by atoms with Crippen molar-refractivity contribution in [2.75, 3.05) is 20.6 Å². The van der Waals surface area contributed by atoms with Crippen LogP contribution in [0, 0.1) is 5.92 Å². The number of benzene rings is 1. The highest BCUT2D eigenvalue weighted by atomic mass is 16.2. The standard InChI is InChI=1S/C19H31N3O2/c1-13(2)16(22(6)7)12-20-17(23)14-8-10-15(11-9-14)18(24)21-19(3,4)5/h8-11,13,16H,12H2,1-7H3,(H,20,23)(H,21,24). The van der Waals surface area contributed by atoms with Crippen molar-refractivity contribution in [2.24, 2.45) is 5.92 Å². The van der Waals surface area contributed by atoms with E-state index in [0.29, 0.717) is 23.6 Å². The Balaban J connectivity index is 2.68. The largest absolute Gasteiger partial charge is 0.350 e. The van der Waals surface area contributed by atoms with Gasteiger partial charge in [0.25, 0.3) is 11.8 Å². The Kier molecular flexibility index (Phi) is 6.96. The maximum Gasteiger partial charge on any atom is 0.251 e. The Labute approximate surface area is 145 Å². The van der Waals surface area contributed by atoms with E-state index < -0.39 is 0 Å². The number of hydrogen-bond acceptors (Lipinski definition) is 3. The summed E-state index contributed by atoms with van der Waals surface area (Å²) in [5.41, 5.74) is 0.823. The lowest BCUT2D eigenvalue weighted by Crippen LogP contribution is -2.43. The Morgan fingerprint density at radius 2 is 1.46 bits per heavy atom. The Morgan fingerprint density at radius 1 is 1.00 bits per heavy atom. The SMILES string of the molecule is CC(C)C(CNC(=O)c1ccc(C(=O)NC(C)(C)C)cc1)N(C)C. The summed E-state index contributed by atoms with van der Waals surface area (Å²) in [7, 11) is 4.03. The quantitative estimate of drug-likeness (QED) is 0.841. The zero-order valence-corrected chi connectivity index (χ0v) is 15.9. The first-order chi connectivity index (χ1) is 11.0. The highest BCUT2D eigenvalue weighted by Gasteiger charge is 2.18. The van der Waals surface area contributed by atoms with Gasteiger partial charge in [0, 0.05) is 29.3 Å². The molecule has 5 nitrogen and oxygen atoms in total. The van der Waals surface area contributed by atoms with E-state index in [1.807, 2.05) is 34.9 Å². The molecule has 0 spiro atoms. The average Bonchev–Trinajstić information content (AvgIpc) is 2.44. The van der Waals surface area contributed by atoms with Gasteiger partial charge in [0.15, 0.2) is 0 Å². The van der Waals surface area contributed by atoms with Crippen LogP contribution >= 0.6 is 0 Å². The van der Waals surface area contributed by atoms with Gasteiger partial charge in [0.1, 0.15) is 0 Å². The number of hydrogen-bond donors (Lipinski definition) is 2. The smallest absolute Gasteiger partial charge is 0.251 e. The van der Waals surface area contributed by atoms with Crippen molar-refractivity contribution in [1.29, 1.82) is 0 Å². The predicted molar refractivity (Wildman–Crippen MR) is 98.3 cm³/mol. The van der Waals surface area contributed by atoms with Gasteiger partial charge in [0.05, 0.1) is 0 Å². The third kappa shape index (κ3) is 6.32. The first-order valence-electron chi connectivity index (χ1n) is 8.38. The molecule has 2 amide bonds. The summed E-state index contributed by atoms with van der Waals surface area (Å²) in [4.78, 5) is 26.5. The van der Waals surface area contributed by atoms with Gasteiger partial charge in [-0.3, -0.25) is 9.59 Å². The number of nitrogens with one attached hydrogen (secondary N) is 2. The molecule has 0 aliphatic rings. The van der Waals surface area contributed by atoms with Crippen molar-refractivity contribution in [3.63, 3.8) is 0 Å². The molecule has 1 atom stereocenters. The molecule has 5 heteroatoms. The molecule has 1 aromatic carbocycles. The van der Waals surface area contributed by atoms with Crippen LogP contribution in [0.4, 0.5) is 0 Å². The Morgan fingerprint density at radius 3 is 1.83 bits per heavy atom. The summed E-state index contributed by atoms with van der Waals surface area (Å²) >= 11 is 0. The van der Waals surface area contributed by atoms with Crippen molar-refractivity contribution in [3.05, 3.63) is 35.4 Å². The summed E-state index contributed by atoms with van der Waals surface area (Å²) in [6.07, 6.45) is 0. The van der Waals surface area contributed by atoms with Crippen LogP contribution in [0.5, 0.6) is 0 Å². The van der Waals surface area contributed by atoms with Gasteiger partial charge in [-0.05, 0) is 65.0 Å². The molecule has 0 aromatic heterocycles. The highest BCUT2D eigenvalue weighted by Crippen LogP contribution is 2.09. The number of amides is 2. The van der Waals surface area contributed by atoms with E-state index in [1.54, 1.807) is 24.3 Å². The summed E-state index contributed by atoms with van der Waals surface area (Å²) in [6.45, 7) is 10.7. The average molecular weight is 333 g/mol. The van der Waals surface area contributed by atoms with Crippen LogP contribution < -0.4 is 10.6 Å². The number of carbonyl (C=O) groups excluding carboxylic acids is 2. The fraction of sp³-hybridized carbons (Fsp3) is 0.579. The van der Waals surface area contributed by atoms with Crippen molar-refractivity contribution in [2.45, 2.75) is 46.2 Å². The first-order valence-corrected chi connectivity index (χ1v) is 8.38. The predicted octanol–water partition coefficient (Wildman–Crippen LogP) is 2.53. The molecule has 134 valence electrons. The van der Waals surface area contributed by atoms with Crippen molar-refractivity contribution in [3.8, 4) is 0 Å². The van der Waals surface area contributed by atoms with E-state index in [4.69, 9.17) is 0 Å². The second kappa shape index (κ2) is 8.29. The molecule has 0 heterocycles. The van der Waals surface area contributed by atoms with Crippen LogP contribution in [0.1, 0.15) is 55.3 Å². The summed E-state index contributed by atoms with van der Waals surface area (Å²) in [5.74, 6) is 0.191. The van der Waals surface area contributed by atoms with E-state index in [0.717, 1.165) is 0 Å². The number of carbonyl (C=O) groups is 2. The lowest BCUT2D eigenvalue weighted by Gasteiger charge is -2.28. The molecule has 0 radical (unpaired) electrons. The van der Waals surface area contributed by atoms with Gasteiger partial charge in [-0.1, -0.05) is 13.8 Å². The van der Waals surface area contributed by atoms with Crippen LogP contribution in [0.2, 0.25) is 0 Å². The van der Waals surface area contributed by atoms with Crippen molar-refractivity contribution < 1.29 is 9.59 Å². The minimum atomic E-state index is -0.287. The maximum atomic E-state index is 12.3. The Hall–Kier alpha value is -1.88. The third-order valence-corrected chi connectivity index (χ3v) is 3.80. The molecular formula is C19H31N3O2. The summed E-state index contributed by atoms with van der Waals surface area (Å²) < 4.78 is 0. The van der Waals surface area contributed by atoms with E-state index in [1.165, 1.54) is 0 Å². The molecule has 0 aliphatic carbocycles. The number of likely N-dealkylation sites (N-methyl/N-ethyl adjacent to an activating group) is 1. The molecule has 0 bridgehead atoms. The lowest BCUT2D eigenvalue weighted by atomic mass is 10.0. The van der Waals surface area contributed by atoms with Gasteiger partial charge in [0.2, 0.25) is 0 Å². The molecule has 0 saturated heterocycles. The van der Waals surface area contributed by atoms with E-state index >= 15 is 0 Å². The Bertz CT molecular complexity index is 549. The minimum Gasteiger partial charge on any atom is -0.350 e. The molecule has 1 rings (SSSR count). The topological polar surface area (TPSA) is 61.4 Å². The molecule has 0 aliphatic heterocycles. The van der Waals surface area contributed by atoms with E-state index in [9.17, 15) is 9.59 Å². The van der Waals surface area contributed by atoms with Gasteiger partial charge < -0.3 is 15.5 Å². The fourth-order valence-corrected chi connectivity index (χ4v) is 2.50. The summed E-state index contributed by atoms with van der Waals surface area (Å²) in [6, 6.07) is 7.02. The van der Waals surface area contributed by atoms with Crippen LogP contribution in [0.3, 0.4) is 0 Å². The molecule has 2 N–H and O–H groups in total. The van der Waals surface area contributed by atoms with E-state index in [2.05, 4.69) is 29.4 Å². The second-order valence-corrected chi connectivity index (χ2v) is 7.77. The zero-order chi connectivity index (χ0) is 18.5. The normalized spacial score (nSPS) is 13.0. The second-order valence-electron chi connectivity index (χ2n) is 7.77. The van der Waals surface area contributed by atoms with Crippen LogP contribution in [0.25, 0.3) is 0 Å². The molecule has 0 saturated carbocycles.